The van der Waals surface area contributed by atoms with Gasteiger partial charge in [-0.15, -0.1) is 0 Å². The quantitative estimate of drug-likeness (QED) is 0.288. The minimum absolute atomic E-state index is 0.00995. The Hall–Kier alpha value is -4.92. The molecule has 0 aliphatic heterocycles. The number of hydrogen-bond acceptors (Lipinski definition) is 7. The van der Waals surface area contributed by atoms with Crippen LogP contribution in [0.15, 0.2) is 67.1 Å². The summed E-state index contributed by atoms with van der Waals surface area (Å²) in [5.41, 5.74) is 6.85. The number of nitrogens with one attached hydrogen (secondary N) is 3. The predicted molar refractivity (Wildman–Crippen MR) is 138 cm³/mol. The number of H-pyrrole nitrogens is 2. The van der Waals surface area contributed by atoms with Gasteiger partial charge < -0.3 is 10.3 Å². The number of rotatable bonds is 6. The number of aromatic nitrogens is 7. The summed E-state index contributed by atoms with van der Waals surface area (Å²) < 4.78 is 0. The van der Waals surface area contributed by atoms with Crippen LogP contribution >= 0.6 is 0 Å². The zero-order chi connectivity index (χ0) is 24.6. The van der Waals surface area contributed by atoms with Gasteiger partial charge in [0.25, 0.3) is 0 Å². The van der Waals surface area contributed by atoms with Gasteiger partial charge >= 0.3 is 0 Å². The van der Waals surface area contributed by atoms with E-state index in [9.17, 15) is 4.79 Å². The highest BCUT2D eigenvalue weighted by molar-refractivity contribution is 6.01. The molecule has 0 aliphatic rings. The second-order valence-corrected chi connectivity index (χ2v) is 8.74. The maximum absolute atomic E-state index is 12.8. The lowest BCUT2D eigenvalue weighted by molar-refractivity contribution is 0.0989. The standard InChI is InChI=1S/C27H22N8O/c1-15-16(2)31-27(34-26(15)32-21-5-6-22-20(10-21)14-30-35-22)19-4-3-18-11-24(33-23(18)12-19)25(36)9-17-7-8-28-29-13-17/h3-8,10-14,33H,9H2,1-2H3,(H,30,35)(H,31,32,34). The maximum Gasteiger partial charge on any atom is 0.183 e. The van der Waals surface area contributed by atoms with E-state index in [-0.39, 0.29) is 12.2 Å². The van der Waals surface area contributed by atoms with E-state index in [4.69, 9.17) is 9.97 Å². The molecule has 0 atom stereocenters. The second-order valence-electron chi connectivity index (χ2n) is 8.74. The minimum atomic E-state index is -0.00995. The molecule has 0 unspecified atom stereocenters. The zero-order valence-corrected chi connectivity index (χ0v) is 19.7. The van der Waals surface area contributed by atoms with E-state index in [0.717, 1.165) is 55.7 Å². The molecule has 4 heterocycles. The number of ketones is 1. The van der Waals surface area contributed by atoms with Gasteiger partial charge in [-0.1, -0.05) is 12.1 Å². The molecule has 9 heteroatoms. The number of aromatic amines is 2. The third-order valence-corrected chi connectivity index (χ3v) is 6.28. The van der Waals surface area contributed by atoms with E-state index in [0.29, 0.717) is 11.5 Å². The SMILES string of the molecule is Cc1nc(-c2ccc3cc(C(=O)Cc4ccnnc4)[nH]c3c2)nc(Nc2ccc3[nH]ncc3c2)c1C. The Morgan fingerprint density at radius 1 is 0.917 bits per heavy atom. The summed E-state index contributed by atoms with van der Waals surface area (Å²) in [6, 6.07) is 15.6. The molecule has 0 saturated heterocycles. The van der Waals surface area contributed by atoms with Gasteiger partial charge in [0.2, 0.25) is 0 Å². The molecule has 0 fully saturated rings. The molecule has 0 saturated carbocycles. The Bertz CT molecular complexity index is 1740. The van der Waals surface area contributed by atoms with Crippen molar-refractivity contribution in [1.82, 2.24) is 35.3 Å². The van der Waals surface area contributed by atoms with Crippen LogP contribution < -0.4 is 5.32 Å². The van der Waals surface area contributed by atoms with Crippen molar-refractivity contribution in [2.75, 3.05) is 5.32 Å². The summed E-state index contributed by atoms with van der Waals surface area (Å²) in [7, 11) is 0. The molecular weight excluding hydrogens is 452 g/mol. The highest BCUT2D eigenvalue weighted by atomic mass is 16.1. The third kappa shape index (κ3) is 4.07. The van der Waals surface area contributed by atoms with Gasteiger partial charge in [0, 0.05) is 51.4 Å². The lowest BCUT2D eigenvalue weighted by Crippen LogP contribution is -2.04. The molecule has 6 rings (SSSR count). The van der Waals surface area contributed by atoms with E-state index in [1.165, 1.54) is 0 Å². The summed E-state index contributed by atoms with van der Waals surface area (Å²) in [5, 5.41) is 20.1. The second kappa shape index (κ2) is 8.70. The van der Waals surface area contributed by atoms with Gasteiger partial charge in [0.1, 0.15) is 5.82 Å². The van der Waals surface area contributed by atoms with Gasteiger partial charge in [-0.05, 0) is 55.8 Å². The molecule has 0 aliphatic carbocycles. The van der Waals surface area contributed by atoms with Crippen molar-refractivity contribution in [2.24, 2.45) is 0 Å². The number of Topliss-reactive ketones (excluding diaryl/α,β-unsaturated/α-hetero) is 1. The smallest absolute Gasteiger partial charge is 0.183 e. The van der Waals surface area contributed by atoms with E-state index in [1.54, 1.807) is 24.7 Å². The number of benzene rings is 2. The fraction of sp³-hybridized carbons (Fsp3) is 0.111. The number of carbonyl (C=O) groups is 1. The lowest BCUT2D eigenvalue weighted by atomic mass is 10.1. The largest absolute Gasteiger partial charge is 0.352 e. The van der Waals surface area contributed by atoms with Gasteiger partial charge in [0.05, 0.1) is 23.6 Å². The third-order valence-electron chi connectivity index (χ3n) is 6.28. The summed E-state index contributed by atoms with van der Waals surface area (Å²) in [6.07, 6.45) is 5.24. The van der Waals surface area contributed by atoms with Crippen molar-refractivity contribution >= 4 is 39.1 Å². The molecule has 2 aromatic carbocycles. The Morgan fingerprint density at radius 3 is 2.69 bits per heavy atom. The van der Waals surface area contributed by atoms with E-state index >= 15 is 0 Å². The highest BCUT2D eigenvalue weighted by Gasteiger charge is 2.14. The van der Waals surface area contributed by atoms with Gasteiger partial charge in [-0.2, -0.15) is 15.3 Å². The van der Waals surface area contributed by atoms with Crippen molar-refractivity contribution in [3.8, 4) is 11.4 Å². The molecule has 6 aromatic rings. The van der Waals surface area contributed by atoms with Crippen molar-refractivity contribution in [1.29, 1.82) is 0 Å². The maximum atomic E-state index is 12.8. The first-order valence-corrected chi connectivity index (χ1v) is 11.5. The van der Waals surface area contributed by atoms with Crippen molar-refractivity contribution in [3.63, 3.8) is 0 Å². The van der Waals surface area contributed by atoms with Crippen LogP contribution in [0.25, 0.3) is 33.2 Å². The first-order chi connectivity index (χ1) is 17.5. The molecule has 0 amide bonds. The lowest BCUT2D eigenvalue weighted by Gasteiger charge is -2.13. The van der Waals surface area contributed by atoms with Crippen molar-refractivity contribution < 1.29 is 4.79 Å². The molecule has 176 valence electrons. The average Bonchev–Trinajstić information content (AvgIpc) is 3.53. The minimum Gasteiger partial charge on any atom is -0.352 e. The predicted octanol–water partition coefficient (Wildman–Crippen LogP) is 5.08. The van der Waals surface area contributed by atoms with Crippen LogP contribution in [0.2, 0.25) is 0 Å². The summed E-state index contributed by atoms with van der Waals surface area (Å²) >= 11 is 0. The van der Waals surface area contributed by atoms with Crippen molar-refractivity contribution in [2.45, 2.75) is 20.3 Å². The average molecular weight is 475 g/mol. The number of carbonyl (C=O) groups excluding carboxylic acids is 1. The summed E-state index contributed by atoms with van der Waals surface area (Å²) in [4.78, 5) is 25.6. The van der Waals surface area contributed by atoms with E-state index in [1.807, 2.05) is 56.3 Å². The van der Waals surface area contributed by atoms with Crippen LogP contribution in [0, 0.1) is 13.8 Å². The number of hydrogen-bond donors (Lipinski definition) is 3. The van der Waals surface area contributed by atoms with Gasteiger partial charge in [0.15, 0.2) is 11.6 Å². The van der Waals surface area contributed by atoms with Crippen LogP contribution in [-0.2, 0) is 6.42 Å². The Kier molecular flexibility index (Phi) is 5.22. The molecule has 0 radical (unpaired) electrons. The number of aryl methyl sites for hydroxylation is 1. The molecular formula is C27H22N8O. The molecule has 36 heavy (non-hydrogen) atoms. The van der Waals surface area contributed by atoms with E-state index < -0.39 is 0 Å². The zero-order valence-electron chi connectivity index (χ0n) is 19.7. The van der Waals surface area contributed by atoms with Crippen molar-refractivity contribution in [3.05, 3.63) is 89.6 Å². The van der Waals surface area contributed by atoms with Gasteiger partial charge in [-0.25, -0.2) is 9.97 Å². The molecule has 0 bridgehead atoms. The molecule has 3 N–H and O–H groups in total. The fourth-order valence-corrected chi connectivity index (χ4v) is 4.16. The number of anilines is 2. The fourth-order valence-electron chi connectivity index (χ4n) is 4.16. The number of nitrogens with zero attached hydrogens (tertiary/aromatic N) is 5. The Labute approximate surface area is 206 Å². The van der Waals surface area contributed by atoms with Gasteiger partial charge in [-0.3, -0.25) is 9.89 Å². The monoisotopic (exact) mass is 474 g/mol. The van der Waals surface area contributed by atoms with Crippen LogP contribution in [-0.4, -0.2) is 41.1 Å². The van der Waals surface area contributed by atoms with Crippen LogP contribution in [0.4, 0.5) is 11.5 Å². The first kappa shape index (κ1) is 21.6. The Morgan fingerprint density at radius 2 is 1.83 bits per heavy atom. The summed E-state index contributed by atoms with van der Waals surface area (Å²) in [6.45, 7) is 3.98. The normalized spacial score (nSPS) is 11.3. The van der Waals surface area contributed by atoms with Crippen LogP contribution in [0.3, 0.4) is 0 Å². The molecule has 9 nitrogen and oxygen atoms in total. The topological polar surface area (TPSA) is 125 Å². The summed E-state index contributed by atoms with van der Waals surface area (Å²) in [5.74, 6) is 1.34. The van der Waals surface area contributed by atoms with Crippen LogP contribution in [0.1, 0.15) is 27.3 Å². The van der Waals surface area contributed by atoms with E-state index in [2.05, 4.69) is 30.7 Å². The first-order valence-electron chi connectivity index (χ1n) is 11.5. The Balaban J connectivity index is 1.31. The molecule has 0 spiro atoms. The number of fused-ring (bicyclic) bond motifs is 2. The highest BCUT2D eigenvalue weighted by Crippen LogP contribution is 2.28. The molecule has 4 aromatic heterocycles. The van der Waals surface area contributed by atoms with Crippen LogP contribution in [0.5, 0.6) is 0 Å².